The molecule has 1 aliphatic heterocycles. The van der Waals surface area contributed by atoms with Crippen molar-refractivity contribution in [2.24, 2.45) is 0 Å². The lowest BCUT2D eigenvalue weighted by Gasteiger charge is -2.38. The molecule has 0 radical (unpaired) electrons. The number of piperazine rings is 1. The Balaban J connectivity index is 1.48. The van der Waals surface area contributed by atoms with E-state index in [0.29, 0.717) is 38.4 Å². The smallest absolute Gasteiger partial charge is 0.369 e. The molecule has 1 aliphatic rings. The van der Waals surface area contributed by atoms with Crippen molar-refractivity contribution in [3.8, 4) is 0 Å². The molecule has 1 unspecified atom stereocenters. The number of nitrogens with one attached hydrogen (secondary N) is 1. The summed E-state index contributed by atoms with van der Waals surface area (Å²) in [6.07, 6.45) is -3.52. The van der Waals surface area contributed by atoms with Crippen molar-refractivity contribution in [2.75, 3.05) is 37.6 Å². The summed E-state index contributed by atoms with van der Waals surface area (Å²) in [6, 6.07) is 9.20. The van der Waals surface area contributed by atoms with E-state index >= 15 is 0 Å². The third kappa shape index (κ3) is 5.26. The van der Waals surface area contributed by atoms with E-state index in [0.717, 1.165) is 12.5 Å². The first-order chi connectivity index (χ1) is 13.3. The van der Waals surface area contributed by atoms with Crippen LogP contribution < -0.4 is 10.2 Å². The molecule has 0 saturated carbocycles. The maximum Gasteiger partial charge on any atom is 0.416 e. The molecule has 28 heavy (non-hydrogen) atoms. The molecular weight excluding hydrogens is 387 g/mol. The van der Waals surface area contributed by atoms with Crippen molar-refractivity contribution in [3.63, 3.8) is 0 Å². The zero-order valence-corrected chi connectivity index (χ0v) is 16.5. The van der Waals surface area contributed by atoms with Crippen molar-refractivity contribution in [1.29, 1.82) is 0 Å². The second-order valence-corrected chi connectivity index (χ2v) is 7.90. The lowest BCUT2D eigenvalue weighted by Crippen LogP contribution is -2.54. The zero-order chi connectivity index (χ0) is 20.1. The number of thiophene rings is 1. The molecule has 1 aromatic carbocycles. The number of carbonyl (C=O) groups is 1. The van der Waals surface area contributed by atoms with Crippen LogP contribution in [0.25, 0.3) is 0 Å². The molecule has 2 heterocycles. The molecule has 1 fully saturated rings. The number of nitrogens with zero attached hydrogens (tertiary/aromatic N) is 2. The monoisotopic (exact) mass is 411 g/mol. The van der Waals surface area contributed by atoms with Gasteiger partial charge in [-0.05, 0) is 43.0 Å². The lowest BCUT2D eigenvalue weighted by atomic mass is 10.1. The maximum absolute atomic E-state index is 12.9. The van der Waals surface area contributed by atoms with Gasteiger partial charge in [0.1, 0.15) is 0 Å². The van der Waals surface area contributed by atoms with Crippen LogP contribution in [0.4, 0.5) is 18.9 Å². The van der Waals surface area contributed by atoms with Gasteiger partial charge in [-0.2, -0.15) is 13.2 Å². The van der Waals surface area contributed by atoms with Crippen LogP contribution in [0, 0.1) is 0 Å². The number of anilines is 1. The minimum Gasteiger partial charge on any atom is -0.369 e. The van der Waals surface area contributed by atoms with Gasteiger partial charge in [-0.25, -0.2) is 0 Å². The van der Waals surface area contributed by atoms with Crippen molar-refractivity contribution >= 4 is 22.9 Å². The largest absolute Gasteiger partial charge is 0.416 e. The topological polar surface area (TPSA) is 35.6 Å². The number of amides is 1. The van der Waals surface area contributed by atoms with Crippen LogP contribution in [-0.4, -0.2) is 49.6 Å². The number of hydrogen-bond acceptors (Lipinski definition) is 4. The summed E-state index contributed by atoms with van der Waals surface area (Å²) in [5.41, 5.74) is -0.0616. The predicted octanol–water partition coefficient (Wildman–Crippen LogP) is 3.64. The summed E-state index contributed by atoms with van der Waals surface area (Å²) in [7, 11) is 0. The number of hydrogen-bond donors (Lipinski definition) is 1. The summed E-state index contributed by atoms with van der Waals surface area (Å²) in [6.45, 7) is 4.93. The number of alkyl halides is 3. The SMILES string of the molecule is CC(C(=O)NCCc1cccs1)N1CCN(c2cccc(C(F)(F)F)c2)CC1. The van der Waals surface area contributed by atoms with Crippen LogP contribution in [0.3, 0.4) is 0 Å². The highest BCUT2D eigenvalue weighted by atomic mass is 32.1. The highest BCUT2D eigenvalue weighted by Gasteiger charge is 2.31. The first-order valence-electron chi connectivity index (χ1n) is 9.31. The highest BCUT2D eigenvalue weighted by Crippen LogP contribution is 2.31. The van der Waals surface area contributed by atoms with Gasteiger partial charge in [-0.15, -0.1) is 11.3 Å². The van der Waals surface area contributed by atoms with Crippen LogP contribution in [-0.2, 0) is 17.4 Å². The van der Waals surface area contributed by atoms with Crippen LogP contribution in [0.15, 0.2) is 41.8 Å². The van der Waals surface area contributed by atoms with Gasteiger partial charge in [0.05, 0.1) is 11.6 Å². The fourth-order valence-corrected chi connectivity index (χ4v) is 4.03. The molecule has 0 aliphatic carbocycles. The predicted molar refractivity (Wildman–Crippen MR) is 106 cm³/mol. The molecule has 1 saturated heterocycles. The van der Waals surface area contributed by atoms with E-state index in [2.05, 4.69) is 10.2 Å². The van der Waals surface area contributed by atoms with Gasteiger partial charge in [-0.1, -0.05) is 12.1 Å². The molecule has 1 N–H and O–H groups in total. The Morgan fingerprint density at radius 2 is 1.93 bits per heavy atom. The van der Waals surface area contributed by atoms with Gasteiger partial charge in [0, 0.05) is 43.3 Å². The molecule has 8 heteroatoms. The van der Waals surface area contributed by atoms with Gasteiger partial charge in [0.2, 0.25) is 5.91 Å². The standard InChI is InChI=1S/C20H24F3N3OS/c1-15(19(27)24-8-7-18-6-3-13-28-18)25-9-11-26(12-10-25)17-5-2-4-16(14-17)20(21,22)23/h2-6,13-15H,7-12H2,1H3,(H,24,27). The number of rotatable bonds is 6. The number of carbonyl (C=O) groups excluding carboxylic acids is 1. The fraction of sp³-hybridized carbons (Fsp3) is 0.450. The molecule has 1 aromatic heterocycles. The van der Waals surface area contributed by atoms with Gasteiger partial charge in [0.15, 0.2) is 0 Å². The molecule has 152 valence electrons. The minimum atomic E-state index is -4.34. The Labute approximate surface area is 167 Å². The molecule has 2 aromatic rings. The van der Waals surface area contributed by atoms with Crippen LogP contribution in [0.1, 0.15) is 17.4 Å². The van der Waals surface area contributed by atoms with Crippen molar-refractivity contribution in [1.82, 2.24) is 10.2 Å². The van der Waals surface area contributed by atoms with Gasteiger partial charge in [-0.3, -0.25) is 9.69 Å². The van der Waals surface area contributed by atoms with E-state index in [1.165, 1.54) is 17.0 Å². The fourth-order valence-electron chi connectivity index (χ4n) is 3.32. The molecular formula is C20H24F3N3OS. The summed E-state index contributed by atoms with van der Waals surface area (Å²) in [5, 5.41) is 4.99. The summed E-state index contributed by atoms with van der Waals surface area (Å²) < 4.78 is 38.7. The lowest BCUT2D eigenvalue weighted by molar-refractivity contribution is -0.137. The number of halogens is 3. The summed E-state index contributed by atoms with van der Waals surface area (Å²) >= 11 is 1.67. The Morgan fingerprint density at radius 3 is 2.57 bits per heavy atom. The van der Waals surface area contributed by atoms with Crippen LogP contribution in [0.5, 0.6) is 0 Å². The average Bonchev–Trinajstić information content (AvgIpc) is 3.20. The van der Waals surface area contributed by atoms with E-state index in [-0.39, 0.29) is 11.9 Å². The maximum atomic E-state index is 12.9. The normalized spacial score (nSPS) is 16.8. The first kappa shape index (κ1) is 20.7. The average molecular weight is 411 g/mol. The first-order valence-corrected chi connectivity index (χ1v) is 10.2. The zero-order valence-electron chi connectivity index (χ0n) is 15.7. The Morgan fingerprint density at radius 1 is 1.18 bits per heavy atom. The highest BCUT2D eigenvalue weighted by molar-refractivity contribution is 7.09. The van der Waals surface area contributed by atoms with E-state index in [1.807, 2.05) is 29.3 Å². The van der Waals surface area contributed by atoms with Crippen LogP contribution >= 0.6 is 11.3 Å². The van der Waals surface area contributed by atoms with Crippen molar-refractivity contribution in [3.05, 3.63) is 52.2 Å². The second-order valence-electron chi connectivity index (χ2n) is 6.87. The third-order valence-electron chi connectivity index (χ3n) is 5.03. The molecule has 0 spiro atoms. The Bertz CT molecular complexity index is 771. The Kier molecular flexibility index (Phi) is 6.61. The Hall–Kier alpha value is -2.06. The van der Waals surface area contributed by atoms with E-state index < -0.39 is 11.7 Å². The molecule has 4 nitrogen and oxygen atoms in total. The van der Waals surface area contributed by atoms with E-state index in [4.69, 9.17) is 0 Å². The molecule has 3 rings (SSSR count). The molecule has 1 atom stereocenters. The summed E-state index contributed by atoms with van der Waals surface area (Å²) in [5.74, 6) is -0.0101. The molecule has 1 amide bonds. The van der Waals surface area contributed by atoms with Gasteiger partial charge in [0.25, 0.3) is 0 Å². The second kappa shape index (κ2) is 8.96. The number of benzene rings is 1. The minimum absolute atomic E-state index is 0.0101. The van der Waals surface area contributed by atoms with Crippen molar-refractivity contribution < 1.29 is 18.0 Å². The summed E-state index contributed by atoms with van der Waals surface area (Å²) in [4.78, 5) is 17.6. The van der Waals surface area contributed by atoms with Gasteiger partial charge < -0.3 is 10.2 Å². The molecule has 0 bridgehead atoms. The van der Waals surface area contributed by atoms with E-state index in [9.17, 15) is 18.0 Å². The van der Waals surface area contributed by atoms with Crippen LogP contribution in [0.2, 0.25) is 0 Å². The van der Waals surface area contributed by atoms with Gasteiger partial charge >= 0.3 is 6.18 Å². The quantitative estimate of drug-likeness (QED) is 0.789. The third-order valence-corrected chi connectivity index (χ3v) is 5.97. The van der Waals surface area contributed by atoms with E-state index in [1.54, 1.807) is 17.4 Å². The van der Waals surface area contributed by atoms with Crippen molar-refractivity contribution in [2.45, 2.75) is 25.6 Å².